The standard InChI is InChI=1S/C13H23O5P/c1-5-16-19(14,17-6-2)11-9-13(3,4)10-7-8-15-12(10)18-11/h9-10,12H,5-8H2,1-4H3/t10-,12-/m0/s1. The monoisotopic (exact) mass is 290 g/mol. The van der Waals surface area contributed by atoms with Crippen LogP contribution in [0.15, 0.2) is 11.6 Å². The van der Waals surface area contributed by atoms with Gasteiger partial charge in [-0.1, -0.05) is 13.8 Å². The minimum absolute atomic E-state index is 0.140. The number of hydrogen-bond donors (Lipinski definition) is 0. The van der Waals surface area contributed by atoms with Crippen LogP contribution in [0.2, 0.25) is 0 Å². The van der Waals surface area contributed by atoms with E-state index in [9.17, 15) is 4.57 Å². The number of ether oxygens (including phenoxy) is 2. The lowest BCUT2D eigenvalue weighted by Gasteiger charge is -2.38. The summed E-state index contributed by atoms with van der Waals surface area (Å²) in [5.74, 6) is 0.285. The molecule has 0 aromatic rings. The average Bonchev–Trinajstić information content (AvgIpc) is 2.78. The first-order chi connectivity index (χ1) is 8.93. The molecule has 6 heteroatoms. The molecular formula is C13H23O5P. The van der Waals surface area contributed by atoms with Crippen molar-refractivity contribution in [2.24, 2.45) is 11.3 Å². The van der Waals surface area contributed by atoms with Gasteiger partial charge in [0.05, 0.1) is 19.8 Å². The van der Waals surface area contributed by atoms with Gasteiger partial charge in [0, 0.05) is 5.92 Å². The van der Waals surface area contributed by atoms with E-state index in [2.05, 4.69) is 13.8 Å². The molecule has 0 amide bonds. The Labute approximate surface area is 114 Å². The molecule has 0 aromatic carbocycles. The van der Waals surface area contributed by atoms with Crippen LogP contribution in [0.25, 0.3) is 0 Å². The van der Waals surface area contributed by atoms with E-state index in [0.29, 0.717) is 25.3 Å². The molecule has 0 N–H and O–H groups in total. The maximum Gasteiger partial charge on any atom is 0.395 e. The van der Waals surface area contributed by atoms with E-state index in [1.807, 2.05) is 6.08 Å². The molecule has 2 aliphatic rings. The van der Waals surface area contributed by atoms with E-state index in [4.69, 9.17) is 18.5 Å². The van der Waals surface area contributed by atoms with Gasteiger partial charge < -0.3 is 18.5 Å². The molecule has 2 rings (SSSR count). The van der Waals surface area contributed by atoms with E-state index in [0.717, 1.165) is 6.42 Å². The molecule has 0 aliphatic carbocycles. The SMILES string of the molecule is CCOP(=O)(OCC)C1=CC(C)(C)[C@H]2CCO[C@H]2O1. The number of fused-ring (bicyclic) bond motifs is 1. The first-order valence-electron chi connectivity index (χ1n) is 6.83. The van der Waals surface area contributed by atoms with Crippen molar-refractivity contribution in [1.29, 1.82) is 0 Å². The van der Waals surface area contributed by atoms with E-state index in [1.54, 1.807) is 13.8 Å². The molecule has 0 unspecified atom stereocenters. The maximum absolute atomic E-state index is 12.8. The smallest absolute Gasteiger partial charge is 0.395 e. The second-order valence-corrected chi connectivity index (χ2v) is 7.34. The summed E-state index contributed by atoms with van der Waals surface area (Å²) in [5, 5.41) is 0. The zero-order chi connectivity index (χ0) is 14.1. The second-order valence-electron chi connectivity index (χ2n) is 5.39. The van der Waals surface area contributed by atoms with Gasteiger partial charge in [0.15, 0.2) is 0 Å². The molecule has 5 nitrogen and oxygen atoms in total. The van der Waals surface area contributed by atoms with Crippen LogP contribution in [0.1, 0.15) is 34.1 Å². The zero-order valence-electron chi connectivity index (χ0n) is 12.0. The number of allylic oxidation sites excluding steroid dienone is 1. The fourth-order valence-corrected chi connectivity index (χ4v) is 4.36. The lowest BCUT2D eigenvalue weighted by molar-refractivity contribution is -0.125. The quantitative estimate of drug-likeness (QED) is 0.725. The number of hydrogen-bond acceptors (Lipinski definition) is 5. The molecule has 0 aromatic heterocycles. The Morgan fingerprint density at radius 2 is 2.00 bits per heavy atom. The molecule has 1 fully saturated rings. The van der Waals surface area contributed by atoms with Crippen LogP contribution in [0.3, 0.4) is 0 Å². The molecule has 0 bridgehead atoms. The van der Waals surface area contributed by atoms with Crippen LogP contribution < -0.4 is 0 Å². The summed E-state index contributed by atoms with van der Waals surface area (Å²) in [6.07, 6.45) is 2.49. The largest absolute Gasteiger partial charge is 0.456 e. The van der Waals surface area contributed by atoms with Gasteiger partial charge in [-0.15, -0.1) is 0 Å². The third-order valence-electron chi connectivity index (χ3n) is 3.60. The van der Waals surface area contributed by atoms with Gasteiger partial charge in [-0.2, -0.15) is 0 Å². The molecule has 2 aliphatic heterocycles. The van der Waals surface area contributed by atoms with Gasteiger partial charge in [-0.3, -0.25) is 4.57 Å². The van der Waals surface area contributed by atoms with Crippen molar-refractivity contribution >= 4 is 7.60 Å². The first-order valence-corrected chi connectivity index (χ1v) is 8.38. The Morgan fingerprint density at radius 1 is 1.37 bits per heavy atom. The van der Waals surface area contributed by atoms with Crippen LogP contribution in [-0.2, 0) is 23.1 Å². The third-order valence-corrected chi connectivity index (χ3v) is 5.57. The van der Waals surface area contributed by atoms with Gasteiger partial charge >= 0.3 is 7.60 Å². The van der Waals surface area contributed by atoms with Crippen LogP contribution in [0, 0.1) is 11.3 Å². The Morgan fingerprint density at radius 3 is 2.58 bits per heavy atom. The molecule has 0 spiro atoms. The van der Waals surface area contributed by atoms with Crippen LogP contribution in [-0.4, -0.2) is 26.1 Å². The highest BCUT2D eigenvalue weighted by Gasteiger charge is 2.48. The van der Waals surface area contributed by atoms with Crippen molar-refractivity contribution in [3.8, 4) is 0 Å². The fraction of sp³-hybridized carbons (Fsp3) is 0.846. The van der Waals surface area contributed by atoms with Gasteiger partial charge in [0.2, 0.25) is 11.8 Å². The van der Waals surface area contributed by atoms with E-state index in [-0.39, 0.29) is 17.6 Å². The van der Waals surface area contributed by atoms with Gasteiger partial charge in [0.25, 0.3) is 0 Å². The van der Waals surface area contributed by atoms with E-state index < -0.39 is 7.60 Å². The summed E-state index contributed by atoms with van der Waals surface area (Å²) in [4.78, 5) is 0. The van der Waals surface area contributed by atoms with Crippen LogP contribution >= 0.6 is 7.60 Å². The van der Waals surface area contributed by atoms with Crippen molar-refractivity contribution in [2.75, 3.05) is 19.8 Å². The predicted molar refractivity (Wildman–Crippen MR) is 71.7 cm³/mol. The molecule has 110 valence electrons. The Kier molecular flexibility index (Phi) is 4.41. The van der Waals surface area contributed by atoms with Gasteiger partial charge in [-0.05, 0) is 31.8 Å². The molecule has 19 heavy (non-hydrogen) atoms. The fourth-order valence-electron chi connectivity index (χ4n) is 2.63. The highest BCUT2D eigenvalue weighted by atomic mass is 31.2. The summed E-state index contributed by atoms with van der Waals surface area (Å²) in [6, 6.07) is 0. The van der Waals surface area contributed by atoms with E-state index in [1.165, 1.54) is 0 Å². The van der Waals surface area contributed by atoms with E-state index >= 15 is 0 Å². The summed E-state index contributed by atoms with van der Waals surface area (Å²) < 4.78 is 34.7. The second kappa shape index (κ2) is 5.57. The predicted octanol–water partition coefficient (Wildman–Crippen LogP) is 3.51. The summed E-state index contributed by atoms with van der Waals surface area (Å²) in [5.41, 5.74) is 0.155. The lowest BCUT2D eigenvalue weighted by Crippen LogP contribution is -2.35. The summed E-state index contributed by atoms with van der Waals surface area (Å²) in [7, 11) is -3.37. The molecular weight excluding hydrogens is 267 g/mol. The minimum atomic E-state index is -3.37. The highest BCUT2D eigenvalue weighted by molar-refractivity contribution is 7.58. The maximum atomic E-state index is 12.8. The first kappa shape index (κ1) is 15.0. The highest BCUT2D eigenvalue weighted by Crippen LogP contribution is 2.61. The van der Waals surface area contributed by atoms with Gasteiger partial charge in [0.1, 0.15) is 0 Å². The molecule has 1 saturated heterocycles. The Hall–Kier alpha value is -0.350. The van der Waals surface area contributed by atoms with Crippen molar-refractivity contribution in [3.05, 3.63) is 11.6 Å². The third kappa shape index (κ3) is 2.89. The summed E-state index contributed by atoms with van der Waals surface area (Å²) in [6.45, 7) is 9.08. The van der Waals surface area contributed by atoms with Crippen molar-refractivity contribution in [2.45, 2.75) is 40.4 Å². The topological polar surface area (TPSA) is 54.0 Å². The molecule has 0 saturated carbocycles. The summed E-state index contributed by atoms with van der Waals surface area (Å²) >= 11 is 0. The molecule has 0 radical (unpaired) electrons. The number of rotatable bonds is 5. The Bertz CT molecular complexity index is 394. The lowest BCUT2D eigenvalue weighted by atomic mass is 9.77. The van der Waals surface area contributed by atoms with Crippen molar-refractivity contribution in [3.63, 3.8) is 0 Å². The van der Waals surface area contributed by atoms with Crippen molar-refractivity contribution < 1.29 is 23.1 Å². The molecule has 2 heterocycles. The van der Waals surface area contributed by atoms with Gasteiger partial charge in [-0.25, -0.2) is 0 Å². The van der Waals surface area contributed by atoms with Crippen molar-refractivity contribution in [1.82, 2.24) is 0 Å². The average molecular weight is 290 g/mol. The molecule has 2 atom stereocenters. The van der Waals surface area contributed by atoms with Crippen LogP contribution in [0.5, 0.6) is 0 Å². The Balaban J connectivity index is 2.30. The minimum Gasteiger partial charge on any atom is -0.456 e. The zero-order valence-corrected chi connectivity index (χ0v) is 12.9. The van der Waals surface area contributed by atoms with Crippen LogP contribution in [0.4, 0.5) is 0 Å². The normalized spacial score (nSPS) is 29.6.